The first-order valence-electron chi connectivity index (χ1n) is 7.09. The van der Waals surface area contributed by atoms with Crippen LogP contribution in [0.4, 0.5) is 17.6 Å². The van der Waals surface area contributed by atoms with Gasteiger partial charge in [0.25, 0.3) is 5.91 Å². The van der Waals surface area contributed by atoms with Gasteiger partial charge in [-0.25, -0.2) is 4.39 Å². The molecule has 122 valence electrons. The largest absolute Gasteiger partial charge is 0.416 e. The molecular formula is C15H17F4NO2. The van der Waals surface area contributed by atoms with Crippen molar-refractivity contribution in [2.24, 2.45) is 0 Å². The molecular weight excluding hydrogens is 302 g/mol. The summed E-state index contributed by atoms with van der Waals surface area (Å²) in [5.41, 5.74) is -2.82. The van der Waals surface area contributed by atoms with E-state index in [1.54, 1.807) is 0 Å². The molecule has 7 heteroatoms. The second-order valence-corrected chi connectivity index (χ2v) is 5.66. The molecule has 1 aromatic rings. The van der Waals surface area contributed by atoms with Crippen LogP contribution < -0.4 is 5.32 Å². The Morgan fingerprint density at radius 3 is 2.45 bits per heavy atom. The molecule has 3 nitrogen and oxygen atoms in total. The van der Waals surface area contributed by atoms with Gasteiger partial charge in [-0.15, -0.1) is 0 Å². The van der Waals surface area contributed by atoms with Crippen LogP contribution in [0.1, 0.15) is 48.0 Å². The van der Waals surface area contributed by atoms with E-state index < -0.39 is 34.6 Å². The SMILES string of the molecule is O=C(NCC1(O)CCCCC1)c1cc(C(F)(F)F)ccc1F. The van der Waals surface area contributed by atoms with Gasteiger partial charge in [-0.05, 0) is 31.0 Å². The normalized spacial score (nSPS) is 18.0. The molecule has 0 heterocycles. The van der Waals surface area contributed by atoms with Crippen molar-refractivity contribution in [3.8, 4) is 0 Å². The molecule has 1 aliphatic rings. The van der Waals surface area contributed by atoms with Crippen molar-refractivity contribution in [1.29, 1.82) is 0 Å². The Bertz CT molecular complexity index is 551. The molecule has 0 bridgehead atoms. The molecule has 0 atom stereocenters. The molecule has 0 spiro atoms. The van der Waals surface area contributed by atoms with Gasteiger partial charge in [-0.1, -0.05) is 19.3 Å². The number of hydrogen-bond acceptors (Lipinski definition) is 2. The van der Waals surface area contributed by atoms with Crippen LogP contribution >= 0.6 is 0 Å². The molecule has 0 radical (unpaired) electrons. The summed E-state index contributed by atoms with van der Waals surface area (Å²) in [6, 6.07) is 1.68. The van der Waals surface area contributed by atoms with Crippen LogP contribution in [0, 0.1) is 5.82 Å². The molecule has 0 unspecified atom stereocenters. The standard InChI is InChI=1S/C15H17F4NO2/c16-12-5-4-10(15(17,18)19)8-11(12)13(21)20-9-14(22)6-2-1-3-7-14/h4-5,8,22H,1-3,6-7,9H2,(H,20,21). The zero-order valence-electron chi connectivity index (χ0n) is 11.8. The third-order valence-corrected chi connectivity index (χ3v) is 3.90. The van der Waals surface area contributed by atoms with Crippen LogP contribution in [-0.2, 0) is 6.18 Å². The molecule has 1 aliphatic carbocycles. The van der Waals surface area contributed by atoms with E-state index in [1.165, 1.54) is 0 Å². The first-order chi connectivity index (χ1) is 10.2. The van der Waals surface area contributed by atoms with Gasteiger partial charge in [0.2, 0.25) is 0 Å². The molecule has 0 aromatic heterocycles. The van der Waals surface area contributed by atoms with E-state index in [-0.39, 0.29) is 6.54 Å². The number of amides is 1. The van der Waals surface area contributed by atoms with Gasteiger partial charge >= 0.3 is 6.18 Å². The predicted octanol–water partition coefficient (Wildman–Crippen LogP) is 3.27. The highest BCUT2D eigenvalue weighted by Crippen LogP contribution is 2.30. The van der Waals surface area contributed by atoms with Crippen molar-refractivity contribution in [3.05, 3.63) is 35.1 Å². The van der Waals surface area contributed by atoms with E-state index in [0.29, 0.717) is 31.0 Å². The van der Waals surface area contributed by atoms with Crippen molar-refractivity contribution < 1.29 is 27.5 Å². The van der Waals surface area contributed by atoms with Crippen molar-refractivity contribution >= 4 is 5.91 Å². The lowest BCUT2D eigenvalue weighted by Gasteiger charge is -2.32. The highest BCUT2D eigenvalue weighted by Gasteiger charge is 2.33. The molecule has 0 aliphatic heterocycles. The minimum absolute atomic E-state index is 0.0957. The average molecular weight is 319 g/mol. The number of nitrogens with one attached hydrogen (secondary N) is 1. The summed E-state index contributed by atoms with van der Waals surface area (Å²) in [7, 11) is 0. The maximum atomic E-state index is 13.6. The summed E-state index contributed by atoms with van der Waals surface area (Å²) in [4.78, 5) is 11.9. The quantitative estimate of drug-likeness (QED) is 0.840. The molecule has 0 saturated heterocycles. The summed E-state index contributed by atoms with van der Waals surface area (Å²) in [6.45, 7) is -0.0957. The topological polar surface area (TPSA) is 49.3 Å². The van der Waals surface area contributed by atoms with Crippen LogP contribution in [0.25, 0.3) is 0 Å². The first-order valence-corrected chi connectivity index (χ1v) is 7.09. The second kappa shape index (κ2) is 6.24. The maximum Gasteiger partial charge on any atom is 0.416 e. The van der Waals surface area contributed by atoms with Crippen molar-refractivity contribution in [3.63, 3.8) is 0 Å². The van der Waals surface area contributed by atoms with Crippen LogP contribution in [0.3, 0.4) is 0 Å². The minimum Gasteiger partial charge on any atom is -0.388 e. The molecule has 2 rings (SSSR count). The van der Waals surface area contributed by atoms with Gasteiger partial charge in [0, 0.05) is 6.54 Å². The number of carbonyl (C=O) groups is 1. The number of alkyl halides is 3. The fourth-order valence-corrected chi connectivity index (χ4v) is 2.60. The van der Waals surface area contributed by atoms with E-state index in [4.69, 9.17) is 0 Å². The van der Waals surface area contributed by atoms with Gasteiger partial charge < -0.3 is 10.4 Å². The first kappa shape index (κ1) is 16.7. The zero-order valence-corrected chi connectivity index (χ0v) is 11.8. The fraction of sp³-hybridized carbons (Fsp3) is 0.533. The maximum absolute atomic E-state index is 13.6. The van der Waals surface area contributed by atoms with Crippen molar-refractivity contribution in [2.75, 3.05) is 6.54 Å². The van der Waals surface area contributed by atoms with E-state index in [2.05, 4.69) is 5.32 Å². The molecule has 1 amide bonds. The third-order valence-electron chi connectivity index (χ3n) is 3.90. The Morgan fingerprint density at radius 1 is 1.23 bits per heavy atom. The summed E-state index contributed by atoms with van der Waals surface area (Å²) < 4.78 is 51.4. The van der Waals surface area contributed by atoms with Gasteiger partial charge in [-0.2, -0.15) is 13.2 Å². The minimum atomic E-state index is -4.65. The van der Waals surface area contributed by atoms with Crippen LogP contribution in [0.5, 0.6) is 0 Å². The van der Waals surface area contributed by atoms with Gasteiger partial charge in [0.1, 0.15) is 5.82 Å². The molecule has 1 aromatic carbocycles. The van der Waals surface area contributed by atoms with Crippen LogP contribution in [0.2, 0.25) is 0 Å². The predicted molar refractivity (Wildman–Crippen MR) is 71.8 cm³/mol. The van der Waals surface area contributed by atoms with Crippen LogP contribution in [-0.4, -0.2) is 23.2 Å². The number of hydrogen-bond donors (Lipinski definition) is 2. The Morgan fingerprint density at radius 2 is 1.86 bits per heavy atom. The highest BCUT2D eigenvalue weighted by atomic mass is 19.4. The summed E-state index contributed by atoms with van der Waals surface area (Å²) in [5.74, 6) is -1.98. The average Bonchev–Trinajstić information content (AvgIpc) is 2.45. The van der Waals surface area contributed by atoms with E-state index in [1.807, 2.05) is 0 Å². The number of rotatable bonds is 3. The number of halogens is 4. The Balaban J connectivity index is 2.09. The van der Waals surface area contributed by atoms with E-state index in [9.17, 15) is 27.5 Å². The molecule has 22 heavy (non-hydrogen) atoms. The molecule has 1 fully saturated rings. The Labute approximate surface area is 125 Å². The van der Waals surface area contributed by atoms with Gasteiger partial charge in [0.15, 0.2) is 0 Å². The molecule has 1 saturated carbocycles. The van der Waals surface area contributed by atoms with Gasteiger partial charge in [0.05, 0.1) is 16.7 Å². The highest BCUT2D eigenvalue weighted by molar-refractivity contribution is 5.94. The fourth-order valence-electron chi connectivity index (χ4n) is 2.60. The smallest absolute Gasteiger partial charge is 0.388 e. The Kier molecular flexibility index (Phi) is 4.75. The van der Waals surface area contributed by atoms with Crippen molar-refractivity contribution in [2.45, 2.75) is 43.9 Å². The number of aliphatic hydroxyl groups is 1. The monoisotopic (exact) mass is 319 g/mol. The van der Waals surface area contributed by atoms with Crippen molar-refractivity contribution in [1.82, 2.24) is 5.32 Å². The van der Waals surface area contributed by atoms with E-state index >= 15 is 0 Å². The molecule has 2 N–H and O–H groups in total. The second-order valence-electron chi connectivity index (χ2n) is 5.66. The summed E-state index contributed by atoms with van der Waals surface area (Å²) in [6.07, 6.45) is -0.978. The Hall–Kier alpha value is -1.63. The lowest BCUT2D eigenvalue weighted by molar-refractivity contribution is -0.137. The summed E-state index contributed by atoms with van der Waals surface area (Å²) in [5, 5.41) is 12.6. The van der Waals surface area contributed by atoms with E-state index in [0.717, 1.165) is 19.3 Å². The zero-order chi connectivity index (χ0) is 16.4. The lowest BCUT2D eigenvalue weighted by Crippen LogP contribution is -2.44. The summed E-state index contributed by atoms with van der Waals surface area (Å²) >= 11 is 0. The lowest BCUT2D eigenvalue weighted by atomic mass is 9.85. The van der Waals surface area contributed by atoms with Crippen LogP contribution in [0.15, 0.2) is 18.2 Å². The third kappa shape index (κ3) is 3.97. The number of carbonyl (C=O) groups excluding carboxylic acids is 1. The number of benzene rings is 1. The van der Waals surface area contributed by atoms with Gasteiger partial charge in [-0.3, -0.25) is 4.79 Å².